The Labute approximate surface area is 198 Å². The first-order valence-corrected chi connectivity index (χ1v) is 12.9. The summed E-state index contributed by atoms with van der Waals surface area (Å²) in [7, 11) is 0. The summed E-state index contributed by atoms with van der Waals surface area (Å²) in [4.78, 5) is 51.3. The summed E-state index contributed by atoms with van der Waals surface area (Å²) in [6.07, 6.45) is 6.51. The predicted octanol–water partition coefficient (Wildman–Crippen LogP) is 3.96. The molecule has 0 aromatic carbocycles. The van der Waals surface area contributed by atoms with E-state index in [-0.39, 0.29) is 45.0 Å². The lowest BCUT2D eigenvalue weighted by Gasteiger charge is -2.38. The van der Waals surface area contributed by atoms with E-state index in [2.05, 4.69) is 38.3 Å². The first-order valence-electron chi connectivity index (χ1n) is 12.9. The number of fused-ring (bicyclic) bond motifs is 4. The fourth-order valence-corrected chi connectivity index (χ4v) is 7.89. The molecule has 4 aliphatic rings. The molecular formula is C27H42N2O4. The van der Waals surface area contributed by atoms with Crippen LogP contribution in [0.1, 0.15) is 99.3 Å². The molecule has 33 heavy (non-hydrogen) atoms. The van der Waals surface area contributed by atoms with Gasteiger partial charge in [-0.2, -0.15) is 0 Å². The van der Waals surface area contributed by atoms with Crippen molar-refractivity contribution in [2.24, 2.45) is 32.5 Å². The maximum atomic E-state index is 13.1. The third-order valence-corrected chi connectivity index (χ3v) is 11.7. The van der Waals surface area contributed by atoms with Crippen LogP contribution in [0.25, 0.3) is 0 Å². The van der Waals surface area contributed by atoms with E-state index in [1.54, 1.807) is 0 Å². The summed E-state index contributed by atoms with van der Waals surface area (Å²) in [5, 5.41) is 6.21. The largest absolute Gasteiger partial charge is 0.356 e. The Hall–Kier alpha value is -1.72. The molecule has 0 unspecified atom stereocenters. The van der Waals surface area contributed by atoms with Crippen LogP contribution in [0.5, 0.6) is 0 Å². The zero-order valence-corrected chi connectivity index (χ0v) is 21.4. The Balaban J connectivity index is 1.20. The van der Waals surface area contributed by atoms with Gasteiger partial charge in [0.2, 0.25) is 11.8 Å². The summed E-state index contributed by atoms with van der Waals surface area (Å²) < 4.78 is 0. The van der Waals surface area contributed by atoms with Crippen molar-refractivity contribution in [3.05, 3.63) is 0 Å². The molecule has 0 radical (unpaired) electrons. The van der Waals surface area contributed by atoms with E-state index in [4.69, 9.17) is 0 Å². The summed E-state index contributed by atoms with van der Waals surface area (Å²) in [6.45, 7) is 13.6. The van der Waals surface area contributed by atoms with Gasteiger partial charge >= 0.3 is 0 Å². The predicted molar refractivity (Wildman–Crippen MR) is 126 cm³/mol. The number of carbonyl (C=O) groups is 4. The van der Waals surface area contributed by atoms with Crippen molar-refractivity contribution in [1.29, 1.82) is 0 Å². The summed E-state index contributed by atoms with van der Waals surface area (Å²) in [5.41, 5.74) is -2.50. The van der Waals surface area contributed by atoms with Crippen LogP contribution in [0.2, 0.25) is 0 Å². The number of amides is 2. The lowest BCUT2D eigenvalue weighted by atomic mass is 9.64. The molecule has 4 rings (SSSR count). The maximum Gasteiger partial charge on any atom is 0.227 e. The smallest absolute Gasteiger partial charge is 0.227 e. The number of unbranched alkanes of at least 4 members (excludes halogenated alkanes) is 2. The van der Waals surface area contributed by atoms with Crippen LogP contribution in [0.4, 0.5) is 0 Å². The quantitative estimate of drug-likeness (QED) is 0.539. The second kappa shape index (κ2) is 7.39. The fraction of sp³-hybridized carbons (Fsp3) is 0.852. The number of nitrogens with one attached hydrogen (secondary N) is 2. The molecule has 0 spiro atoms. The minimum absolute atomic E-state index is 0.0342. The lowest BCUT2D eigenvalue weighted by Crippen LogP contribution is -2.47. The molecule has 2 amide bonds. The van der Waals surface area contributed by atoms with Gasteiger partial charge in [0.15, 0.2) is 0 Å². The van der Waals surface area contributed by atoms with Gasteiger partial charge < -0.3 is 10.6 Å². The Bertz CT molecular complexity index is 836. The monoisotopic (exact) mass is 458 g/mol. The SMILES string of the molecule is CC1(C)[C@]2(C(=O)NCCCCCNC(=O)[C@@]34CC[C@](C)(C(=O)C3)C4(C)C)CC[C@@]1(C)C(=O)C2. The number of carbonyl (C=O) groups excluding carboxylic acids is 4. The standard InChI is InChI=1S/C27H42N2O4/c1-22(2)24(5)10-12-26(22,16-18(24)30)20(32)28-14-8-7-9-15-29-21(33)27-13-11-25(6,19(31)17-27)23(27,3)4/h7-17H2,1-6H3,(H,28,32)(H,29,33)/t24-,25+,26-,27-/m1/s1. The molecule has 4 atom stereocenters. The van der Waals surface area contributed by atoms with E-state index in [0.29, 0.717) is 25.9 Å². The topological polar surface area (TPSA) is 92.3 Å². The number of rotatable bonds is 8. The molecule has 2 N–H and O–H groups in total. The maximum absolute atomic E-state index is 13.1. The van der Waals surface area contributed by atoms with Gasteiger partial charge in [0.05, 0.1) is 10.8 Å². The summed E-state index contributed by atoms with van der Waals surface area (Å²) in [5.74, 6) is 0.538. The molecule has 0 aliphatic heterocycles. The van der Waals surface area contributed by atoms with Gasteiger partial charge in [-0.25, -0.2) is 0 Å². The van der Waals surface area contributed by atoms with Crippen molar-refractivity contribution in [3.63, 3.8) is 0 Å². The molecule has 0 aromatic heterocycles. The van der Waals surface area contributed by atoms with E-state index in [9.17, 15) is 19.2 Å². The van der Waals surface area contributed by atoms with Crippen molar-refractivity contribution in [3.8, 4) is 0 Å². The van der Waals surface area contributed by atoms with Crippen LogP contribution in [-0.4, -0.2) is 36.5 Å². The van der Waals surface area contributed by atoms with Crippen molar-refractivity contribution < 1.29 is 19.2 Å². The molecule has 4 fully saturated rings. The van der Waals surface area contributed by atoms with Gasteiger partial charge in [-0.3, -0.25) is 19.2 Å². The first kappa shape index (κ1) is 24.4. The van der Waals surface area contributed by atoms with Crippen LogP contribution >= 0.6 is 0 Å². The van der Waals surface area contributed by atoms with Crippen molar-refractivity contribution in [2.45, 2.75) is 99.3 Å². The van der Waals surface area contributed by atoms with Crippen LogP contribution in [0, 0.1) is 32.5 Å². The molecule has 4 aliphatic carbocycles. The van der Waals surface area contributed by atoms with Crippen LogP contribution in [0.15, 0.2) is 0 Å². The summed E-state index contributed by atoms with van der Waals surface area (Å²) in [6, 6.07) is 0. The van der Waals surface area contributed by atoms with Crippen LogP contribution in [0.3, 0.4) is 0 Å². The highest BCUT2D eigenvalue weighted by molar-refractivity contribution is 6.00. The number of hydrogen-bond donors (Lipinski definition) is 2. The van der Waals surface area contributed by atoms with Gasteiger partial charge in [-0.1, -0.05) is 41.5 Å². The molecule has 0 aromatic rings. The third kappa shape index (κ3) is 2.84. The van der Waals surface area contributed by atoms with E-state index >= 15 is 0 Å². The highest BCUT2D eigenvalue weighted by Crippen LogP contribution is 2.71. The second-order valence-electron chi connectivity index (χ2n) is 12.9. The van der Waals surface area contributed by atoms with Crippen molar-refractivity contribution in [2.75, 3.05) is 13.1 Å². The Morgan fingerprint density at radius 3 is 1.27 bits per heavy atom. The van der Waals surface area contributed by atoms with Crippen molar-refractivity contribution >= 4 is 23.4 Å². The normalized spacial score (nSPS) is 39.8. The lowest BCUT2D eigenvalue weighted by molar-refractivity contribution is -0.136. The Kier molecular flexibility index (Phi) is 5.46. The first-order chi connectivity index (χ1) is 15.2. The van der Waals surface area contributed by atoms with Crippen LogP contribution < -0.4 is 10.6 Å². The van der Waals surface area contributed by atoms with E-state index in [1.807, 2.05) is 13.8 Å². The minimum Gasteiger partial charge on any atom is -0.356 e. The molecule has 184 valence electrons. The van der Waals surface area contributed by atoms with Crippen molar-refractivity contribution in [1.82, 2.24) is 10.6 Å². The molecule has 0 saturated heterocycles. The van der Waals surface area contributed by atoms with Crippen LogP contribution in [-0.2, 0) is 19.2 Å². The molecule has 6 nitrogen and oxygen atoms in total. The molecular weight excluding hydrogens is 416 g/mol. The van der Waals surface area contributed by atoms with E-state index in [0.717, 1.165) is 44.9 Å². The second-order valence-corrected chi connectivity index (χ2v) is 12.9. The zero-order chi connectivity index (χ0) is 24.5. The average molecular weight is 459 g/mol. The molecule has 4 saturated carbocycles. The Morgan fingerprint density at radius 2 is 1.00 bits per heavy atom. The summed E-state index contributed by atoms with van der Waals surface area (Å²) >= 11 is 0. The average Bonchev–Trinajstić information content (AvgIpc) is 3.20. The minimum atomic E-state index is -0.562. The third-order valence-electron chi connectivity index (χ3n) is 11.7. The number of Topliss-reactive ketones (excluding diaryl/α,β-unsaturated/α-hetero) is 2. The zero-order valence-electron chi connectivity index (χ0n) is 21.4. The Morgan fingerprint density at radius 1 is 0.636 bits per heavy atom. The van der Waals surface area contributed by atoms with Gasteiger partial charge in [-0.05, 0) is 55.8 Å². The van der Waals surface area contributed by atoms with E-state index < -0.39 is 10.8 Å². The van der Waals surface area contributed by atoms with Gasteiger partial charge in [0, 0.05) is 36.8 Å². The van der Waals surface area contributed by atoms with Gasteiger partial charge in [-0.15, -0.1) is 0 Å². The molecule has 0 heterocycles. The highest BCUT2D eigenvalue weighted by atomic mass is 16.2. The van der Waals surface area contributed by atoms with Gasteiger partial charge in [0.1, 0.15) is 11.6 Å². The number of ketones is 2. The fourth-order valence-electron chi connectivity index (χ4n) is 7.89. The van der Waals surface area contributed by atoms with Gasteiger partial charge in [0.25, 0.3) is 0 Å². The highest BCUT2D eigenvalue weighted by Gasteiger charge is 2.73. The molecule has 4 bridgehead atoms. The number of hydrogen-bond acceptors (Lipinski definition) is 4. The van der Waals surface area contributed by atoms with E-state index in [1.165, 1.54) is 0 Å². The molecule has 6 heteroatoms.